The van der Waals surface area contributed by atoms with Crippen LogP contribution < -0.4 is 5.32 Å². The van der Waals surface area contributed by atoms with E-state index in [0.29, 0.717) is 6.54 Å². The van der Waals surface area contributed by atoms with Crippen molar-refractivity contribution in [3.05, 3.63) is 0 Å². The van der Waals surface area contributed by atoms with E-state index in [1.807, 2.05) is 13.8 Å². The highest BCUT2D eigenvalue weighted by Crippen LogP contribution is 2.37. The number of rotatable bonds is 4. The summed E-state index contributed by atoms with van der Waals surface area (Å²) in [7, 11) is 0. The molecule has 0 aromatic rings. The van der Waals surface area contributed by atoms with E-state index < -0.39 is 43.1 Å². The Bertz CT molecular complexity index is 373. The fourth-order valence-electron chi connectivity index (χ4n) is 2.07. The minimum Gasteiger partial charge on any atom is -0.481 e. The third-order valence-electron chi connectivity index (χ3n) is 3.64. The fraction of sp³-hybridized carbons (Fsp3) is 0.833. The van der Waals surface area contributed by atoms with Gasteiger partial charge in [-0.25, -0.2) is 4.79 Å². The molecule has 2 amide bonds. The van der Waals surface area contributed by atoms with Crippen molar-refractivity contribution in [2.24, 2.45) is 17.8 Å². The highest BCUT2D eigenvalue weighted by molar-refractivity contribution is 5.77. The summed E-state index contributed by atoms with van der Waals surface area (Å²) in [6.45, 7) is 3.19. The second-order valence-electron chi connectivity index (χ2n) is 5.20. The van der Waals surface area contributed by atoms with Crippen LogP contribution in [0.15, 0.2) is 0 Å². The lowest BCUT2D eigenvalue weighted by Gasteiger charge is -2.19. The Hall–Kier alpha value is -1.47. The molecule has 1 aliphatic rings. The number of urea groups is 1. The van der Waals surface area contributed by atoms with Crippen molar-refractivity contribution in [1.82, 2.24) is 10.2 Å². The number of carbonyl (C=O) groups excluding carboxylic acids is 1. The minimum atomic E-state index is -4.62. The molecule has 0 aliphatic carbocycles. The van der Waals surface area contributed by atoms with Crippen LogP contribution in [0.1, 0.15) is 20.3 Å². The summed E-state index contributed by atoms with van der Waals surface area (Å²) in [6.07, 6.45) is -3.78. The molecule has 1 fully saturated rings. The van der Waals surface area contributed by atoms with Gasteiger partial charge in [0.05, 0.1) is 11.8 Å². The van der Waals surface area contributed by atoms with Gasteiger partial charge >= 0.3 is 18.2 Å². The molecule has 1 rings (SSSR count). The average molecular weight is 296 g/mol. The Morgan fingerprint density at radius 1 is 1.40 bits per heavy atom. The van der Waals surface area contributed by atoms with Crippen LogP contribution in [0, 0.1) is 17.8 Å². The average Bonchev–Trinajstić information content (AvgIpc) is 2.80. The molecule has 0 bridgehead atoms. The second kappa shape index (κ2) is 6.32. The van der Waals surface area contributed by atoms with Gasteiger partial charge in [0.2, 0.25) is 0 Å². The molecule has 2 N–H and O–H groups in total. The van der Waals surface area contributed by atoms with Crippen LogP contribution >= 0.6 is 0 Å². The van der Waals surface area contributed by atoms with Gasteiger partial charge < -0.3 is 15.3 Å². The molecule has 0 aromatic heterocycles. The maximum Gasteiger partial charge on any atom is 0.394 e. The van der Waals surface area contributed by atoms with Crippen molar-refractivity contribution >= 4 is 12.0 Å². The summed E-state index contributed by atoms with van der Waals surface area (Å²) in [4.78, 5) is 23.6. The third-order valence-corrected chi connectivity index (χ3v) is 3.64. The van der Waals surface area contributed by atoms with Crippen LogP contribution in [0.5, 0.6) is 0 Å². The molecule has 1 aliphatic heterocycles. The van der Waals surface area contributed by atoms with Gasteiger partial charge in [-0.2, -0.15) is 13.2 Å². The smallest absolute Gasteiger partial charge is 0.394 e. The SMILES string of the molecule is CCC(C)CNC(=O)N1C[C@@H](C(F)(F)F)[C@H](C(=O)O)C1. The zero-order valence-electron chi connectivity index (χ0n) is 11.4. The number of aliphatic carboxylic acids is 1. The first kappa shape index (κ1) is 16.6. The van der Waals surface area contributed by atoms with Crippen molar-refractivity contribution in [1.29, 1.82) is 0 Å². The number of alkyl halides is 3. The van der Waals surface area contributed by atoms with Crippen LogP contribution in [0.25, 0.3) is 0 Å². The Balaban J connectivity index is 2.66. The molecule has 1 saturated heterocycles. The number of amides is 2. The van der Waals surface area contributed by atoms with Crippen LogP contribution in [0.2, 0.25) is 0 Å². The molecule has 8 heteroatoms. The maximum absolute atomic E-state index is 12.8. The fourth-order valence-corrected chi connectivity index (χ4v) is 2.07. The Morgan fingerprint density at radius 3 is 2.40 bits per heavy atom. The minimum absolute atomic E-state index is 0.218. The number of nitrogens with one attached hydrogen (secondary N) is 1. The molecular weight excluding hydrogens is 277 g/mol. The summed E-state index contributed by atoms with van der Waals surface area (Å²) in [5.74, 6) is -4.90. The largest absolute Gasteiger partial charge is 0.481 e. The van der Waals surface area contributed by atoms with E-state index >= 15 is 0 Å². The first-order valence-electron chi connectivity index (χ1n) is 6.49. The molecular formula is C12H19F3N2O3. The summed E-state index contributed by atoms with van der Waals surface area (Å²) in [6, 6.07) is -0.636. The topological polar surface area (TPSA) is 69.6 Å². The highest BCUT2D eigenvalue weighted by Gasteiger charge is 2.53. The van der Waals surface area contributed by atoms with Gasteiger partial charge in [0.15, 0.2) is 0 Å². The van der Waals surface area contributed by atoms with Crippen LogP contribution in [-0.4, -0.2) is 47.8 Å². The molecule has 1 heterocycles. The number of carbonyl (C=O) groups is 2. The monoisotopic (exact) mass is 296 g/mol. The summed E-state index contributed by atoms with van der Waals surface area (Å²) < 4.78 is 38.3. The van der Waals surface area contributed by atoms with Crippen molar-refractivity contribution < 1.29 is 27.9 Å². The van der Waals surface area contributed by atoms with E-state index in [0.717, 1.165) is 11.3 Å². The predicted octanol–water partition coefficient (Wildman–Crippen LogP) is 1.94. The lowest BCUT2D eigenvalue weighted by atomic mass is 9.96. The zero-order valence-corrected chi connectivity index (χ0v) is 11.4. The summed E-state index contributed by atoms with van der Waals surface area (Å²) in [5, 5.41) is 11.4. The van der Waals surface area contributed by atoms with Crippen molar-refractivity contribution in [2.75, 3.05) is 19.6 Å². The van der Waals surface area contributed by atoms with E-state index in [2.05, 4.69) is 5.32 Å². The van der Waals surface area contributed by atoms with E-state index in [4.69, 9.17) is 5.11 Å². The number of halogens is 3. The Morgan fingerprint density at radius 2 is 2.00 bits per heavy atom. The van der Waals surface area contributed by atoms with Crippen molar-refractivity contribution in [2.45, 2.75) is 26.4 Å². The van der Waals surface area contributed by atoms with Gasteiger partial charge in [0.1, 0.15) is 0 Å². The Kier molecular flexibility index (Phi) is 5.24. The first-order valence-corrected chi connectivity index (χ1v) is 6.49. The number of carboxylic acids is 1. The number of carboxylic acid groups (broad SMARTS) is 1. The second-order valence-corrected chi connectivity index (χ2v) is 5.20. The standard InChI is InChI=1S/C12H19F3N2O3/c1-3-7(2)4-16-11(20)17-5-8(10(18)19)9(6-17)12(13,14)15/h7-9H,3-6H2,1-2H3,(H,16,20)(H,18,19)/t7?,8-,9-/m1/s1. The Labute approximate surface area is 115 Å². The molecule has 5 nitrogen and oxygen atoms in total. The molecule has 3 atom stereocenters. The van der Waals surface area contributed by atoms with Crippen LogP contribution in [-0.2, 0) is 4.79 Å². The van der Waals surface area contributed by atoms with Crippen molar-refractivity contribution in [3.63, 3.8) is 0 Å². The van der Waals surface area contributed by atoms with Crippen LogP contribution in [0.4, 0.5) is 18.0 Å². The number of likely N-dealkylation sites (tertiary alicyclic amines) is 1. The quantitative estimate of drug-likeness (QED) is 0.833. The van der Waals surface area contributed by atoms with Gasteiger partial charge in [-0.3, -0.25) is 4.79 Å². The predicted molar refractivity (Wildman–Crippen MR) is 65.1 cm³/mol. The van der Waals surface area contributed by atoms with E-state index in [9.17, 15) is 22.8 Å². The number of hydrogen-bond donors (Lipinski definition) is 2. The highest BCUT2D eigenvalue weighted by atomic mass is 19.4. The molecule has 116 valence electrons. The zero-order chi connectivity index (χ0) is 15.5. The number of hydrogen-bond acceptors (Lipinski definition) is 2. The van der Waals surface area contributed by atoms with Crippen molar-refractivity contribution in [3.8, 4) is 0 Å². The molecule has 1 unspecified atom stereocenters. The molecule has 0 radical (unpaired) electrons. The van der Waals surface area contributed by atoms with Gasteiger partial charge in [0, 0.05) is 19.6 Å². The molecule has 0 aromatic carbocycles. The summed E-state index contributed by atoms with van der Waals surface area (Å²) in [5.41, 5.74) is 0. The first-order chi connectivity index (χ1) is 9.16. The van der Waals surface area contributed by atoms with E-state index in [-0.39, 0.29) is 5.92 Å². The van der Waals surface area contributed by atoms with E-state index in [1.165, 1.54) is 0 Å². The molecule has 0 spiro atoms. The maximum atomic E-state index is 12.8. The number of nitrogens with zero attached hydrogens (tertiary/aromatic N) is 1. The normalized spacial score (nSPS) is 24.6. The van der Waals surface area contributed by atoms with E-state index in [1.54, 1.807) is 0 Å². The van der Waals surface area contributed by atoms with Gasteiger partial charge in [-0.1, -0.05) is 20.3 Å². The van der Waals surface area contributed by atoms with Gasteiger partial charge in [0.25, 0.3) is 0 Å². The third kappa shape index (κ3) is 4.01. The van der Waals surface area contributed by atoms with Gasteiger partial charge in [-0.05, 0) is 5.92 Å². The lowest BCUT2D eigenvalue weighted by Crippen LogP contribution is -2.41. The lowest BCUT2D eigenvalue weighted by molar-refractivity contribution is -0.187. The molecule has 20 heavy (non-hydrogen) atoms. The van der Waals surface area contributed by atoms with Crippen LogP contribution in [0.3, 0.4) is 0 Å². The molecule has 0 saturated carbocycles. The van der Waals surface area contributed by atoms with Gasteiger partial charge in [-0.15, -0.1) is 0 Å². The summed E-state index contributed by atoms with van der Waals surface area (Å²) >= 11 is 0.